The molecule has 1 heterocycles. The Morgan fingerprint density at radius 3 is 3.08 bits per heavy atom. The minimum absolute atomic E-state index is 0.301. The second kappa shape index (κ2) is 3.28. The fourth-order valence-electron chi connectivity index (χ4n) is 1.86. The van der Waals surface area contributed by atoms with Crippen molar-refractivity contribution >= 4 is 0 Å². The molecule has 0 saturated carbocycles. The fraction of sp³-hybridized carbons (Fsp3) is 0.455. The van der Waals surface area contributed by atoms with Gasteiger partial charge >= 0.3 is 0 Å². The molecule has 2 aliphatic rings. The summed E-state index contributed by atoms with van der Waals surface area (Å²) in [5.41, 5.74) is 1.52. The molecule has 1 nitrogen and oxygen atoms in total. The monoisotopic (exact) mass is 162 g/mol. The fourth-order valence-corrected chi connectivity index (χ4v) is 1.86. The van der Waals surface area contributed by atoms with E-state index >= 15 is 0 Å². The largest absolute Gasteiger partial charge is 0.369 e. The second-order valence-corrected chi connectivity index (χ2v) is 3.23. The van der Waals surface area contributed by atoms with Gasteiger partial charge in [0.1, 0.15) is 0 Å². The van der Waals surface area contributed by atoms with Crippen LogP contribution in [0.1, 0.15) is 13.3 Å². The Bertz CT molecular complexity index is 248. The van der Waals surface area contributed by atoms with Crippen molar-refractivity contribution in [2.75, 3.05) is 6.61 Å². The molecule has 1 heteroatoms. The molecule has 0 aromatic rings. The van der Waals surface area contributed by atoms with E-state index in [0.717, 1.165) is 13.0 Å². The lowest BCUT2D eigenvalue weighted by atomic mass is 9.86. The van der Waals surface area contributed by atoms with Crippen molar-refractivity contribution in [3.63, 3.8) is 0 Å². The maximum absolute atomic E-state index is 5.60. The summed E-state index contributed by atoms with van der Waals surface area (Å²) in [6.45, 7) is 2.99. The van der Waals surface area contributed by atoms with Crippen LogP contribution < -0.4 is 0 Å². The van der Waals surface area contributed by atoms with E-state index in [2.05, 4.69) is 37.3 Å². The van der Waals surface area contributed by atoms with E-state index in [-0.39, 0.29) is 0 Å². The van der Waals surface area contributed by atoms with Gasteiger partial charge in [-0.3, -0.25) is 0 Å². The lowest BCUT2D eigenvalue weighted by Crippen LogP contribution is -2.27. The van der Waals surface area contributed by atoms with Crippen LogP contribution in [0.5, 0.6) is 0 Å². The Hall–Kier alpha value is -0.820. The molecule has 0 radical (unpaired) electrons. The van der Waals surface area contributed by atoms with Crippen LogP contribution in [-0.4, -0.2) is 12.7 Å². The van der Waals surface area contributed by atoms with Gasteiger partial charge in [0.25, 0.3) is 0 Å². The average Bonchev–Trinajstić information content (AvgIpc) is 2.17. The van der Waals surface area contributed by atoms with Crippen LogP contribution in [0, 0.1) is 5.92 Å². The Morgan fingerprint density at radius 1 is 1.42 bits per heavy atom. The molecule has 0 amide bonds. The molecule has 1 aliphatic heterocycles. The van der Waals surface area contributed by atoms with Crippen molar-refractivity contribution in [2.24, 2.45) is 5.92 Å². The highest BCUT2D eigenvalue weighted by molar-refractivity contribution is 5.27. The Kier molecular flexibility index (Phi) is 2.13. The van der Waals surface area contributed by atoms with Gasteiger partial charge in [0, 0.05) is 5.92 Å². The van der Waals surface area contributed by atoms with Crippen LogP contribution in [0.4, 0.5) is 0 Å². The maximum Gasteiger partial charge on any atom is 0.0863 e. The van der Waals surface area contributed by atoms with Crippen molar-refractivity contribution < 1.29 is 4.74 Å². The average molecular weight is 162 g/mol. The molecule has 0 aromatic heterocycles. The zero-order valence-corrected chi connectivity index (χ0v) is 7.36. The predicted molar refractivity (Wildman–Crippen MR) is 49.9 cm³/mol. The van der Waals surface area contributed by atoms with Crippen LogP contribution in [0.25, 0.3) is 0 Å². The van der Waals surface area contributed by atoms with Gasteiger partial charge in [-0.1, -0.05) is 42.9 Å². The van der Waals surface area contributed by atoms with Gasteiger partial charge in [-0.15, -0.1) is 0 Å². The molecule has 2 atom stereocenters. The summed E-state index contributed by atoms with van der Waals surface area (Å²) in [7, 11) is 0. The molecule has 1 aliphatic carbocycles. The number of ether oxygens (including phenoxy) is 1. The highest BCUT2D eigenvalue weighted by Crippen LogP contribution is 2.28. The van der Waals surface area contributed by atoms with Crippen molar-refractivity contribution in [1.29, 1.82) is 0 Å². The van der Waals surface area contributed by atoms with E-state index < -0.39 is 0 Å². The molecule has 2 unspecified atom stereocenters. The quantitative estimate of drug-likeness (QED) is 0.538. The third-order valence-corrected chi connectivity index (χ3v) is 2.55. The predicted octanol–water partition coefficient (Wildman–Crippen LogP) is 2.46. The van der Waals surface area contributed by atoms with Crippen molar-refractivity contribution in [1.82, 2.24) is 0 Å². The van der Waals surface area contributed by atoms with Crippen molar-refractivity contribution in [3.05, 3.63) is 36.0 Å². The summed E-state index contributed by atoms with van der Waals surface area (Å²) < 4.78 is 5.60. The van der Waals surface area contributed by atoms with Crippen LogP contribution >= 0.6 is 0 Å². The van der Waals surface area contributed by atoms with Crippen LogP contribution in [0.15, 0.2) is 36.0 Å². The first-order valence-corrected chi connectivity index (χ1v) is 4.57. The first-order chi connectivity index (χ1) is 5.92. The highest BCUT2D eigenvalue weighted by Gasteiger charge is 2.24. The van der Waals surface area contributed by atoms with Gasteiger partial charge in [-0.2, -0.15) is 0 Å². The molecule has 12 heavy (non-hydrogen) atoms. The summed E-state index contributed by atoms with van der Waals surface area (Å²) >= 11 is 0. The van der Waals surface area contributed by atoms with Gasteiger partial charge in [-0.05, 0) is 6.42 Å². The van der Waals surface area contributed by atoms with Gasteiger partial charge < -0.3 is 4.74 Å². The number of hydrogen-bond acceptors (Lipinski definition) is 1. The number of fused-ring (bicyclic) bond motifs is 1. The number of allylic oxidation sites excluding steroid dienone is 2. The molecule has 0 fully saturated rings. The summed E-state index contributed by atoms with van der Waals surface area (Å²) in [5, 5.41) is 0. The normalized spacial score (nSPS) is 32.9. The smallest absolute Gasteiger partial charge is 0.0863 e. The molecule has 0 N–H and O–H groups in total. The molecular weight excluding hydrogens is 148 g/mol. The van der Waals surface area contributed by atoms with Gasteiger partial charge in [0.2, 0.25) is 0 Å². The minimum atomic E-state index is 0.301. The van der Waals surface area contributed by atoms with Gasteiger partial charge in [-0.25, -0.2) is 0 Å². The topological polar surface area (TPSA) is 9.23 Å². The lowest BCUT2D eigenvalue weighted by molar-refractivity contribution is 0.0742. The van der Waals surface area contributed by atoms with E-state index in [1.165, 1.54) is 5.57 Å². The number of rotatable bonds is 1. The third kappa shape index (κ3) is 1.25. The molecule has 0 aromatic carbocycles. The Labute approximate surface area is 73.4 Å². The Balaban J connectivity index is 2.23. The van der Waals surface area contributed by atoms with Crippen molar-refractivity contribution in [3.8, 4) is 0 Å². The minimum Gasteiger partial charge on any atom is -0.369 e. The molecule has 64 valence electrons. The second-order valence-electron chi connectivity index (χ2n) is 3.23. The maximum atomic E-state index is 5.60. The molecule has 0 saturated heterocycles. The summed E-state index contributed by atoms with van der Waals surface area (Å²) in [5.74, 6) is 0.508. The molecule has 2 rings (SSSR count). The van der Waals surface area contributed by atoms with E-state index in [0.29, 0.717) is 12.0 Å². The summed E-state index contributed by atoms with van der Waals surface area (Å²) in [6.07, 6.45) is 12.2. The van der Waals surface area contributed by atoms with Crippen molar-refractivity contribution in [2.45, 2.75) is 19.4 Å². The SMILES string of the molecule is CCC1=CCOC2C=CC=CC12. The van der Waals surface area contributed by atoms with Gasteiger partial charge in [0.15, 0.2) is 0 Å². The number of hydrogen-bond donors (Lipinski definition) is 0. The van der Waals surface area contributed by atoms with E-state index in [1.54, 1.807) is 0 Å². The van der Waals surface area contributed by atoms with Crippen LogP contribution in [0.3, 0.4) is 0 Å². The van der Waals surface area contributed by atoms with Crippen LogP contribution in [0.2, 0.25) is 0 Å². The Morgan fingerprint density at radius 2 is 2.25 bits per heavy atom. The molecule has 0 spiro atoms. The van der Waals surface area contributed by atoms with E-state index in [4.69, 9.17) is 4.74 Å². The lowest BCUT2D eigenvalue weighted by Gasteiger charge is -2.30. The summed E-state index contributed by atoms with van der Waals surface area (Å²) in [4.78, 5) is 0. The summed E-state index contributed by atoms with van der Waals surface area (Å²) in [6, 6.07) is 0. The van der Waals surface area contributed by atoms with Gasteiger partial charge in [0.05, 0.1) is 12.7 Å². The first kappa shape index (κ1) is 7.81. The third-order valence-electron chi connectivity index (χ3n) is 2.55. The highest BCUT2D eigenvalue weighted by atomic mass is 16.5. The first-order valence-electron chi connectivity index (χ1n) is 4.57. The van der Waals surface area contributed by atoms with Crippen LogP contribution in [-0.2, 0) is 4.74 Å². The molecular formula is C11H14O. The zero-order valence-electron chi connectivity index (χ0n) is 7.36. The van der Waals surface area contributed by atoms with E-state index in [9.17, 15) is 0 Å². The van der Waals surface area contributed by atoms with E-state index in [1.807, 2.05) is 0 Å². The zero-order chi connectivity index (χ0) is 8.39. The molecule has 0 bridgehead atoms. The standard InChI is InChI=1S/C11H14O/c1-2-9-7-8-12-11-6-4-3-5-10(9)11/h3-7,10-11H,2,8H2,1H3.